The number of nitrogens with zero attached hydrogens (tertiary/aromatic N) is 1. The summed E-state index contributed by atoms with van der Waals surface area (Å²) in [7, 11) is 2.16. The number of fused-ring (bicyclic) bond motifs is 5. The highest BCUT2D eigenvalue weighted by atomic mass is 35.5. The van der Waals surface area contributed by atoms with Crippen molar-refractivity contribution in [3.63, 3.8) is 0 Å². The molecule has 1 aromatic carbocycles. The molecule has 1 fully saturated rings. The van der Waals surface area contributed by atoms with Gasteiger partial charge in [-0.15, -0.1) is 0 Å². The summed E-state index contributed by atoms with van der Waals surface area (Å²) in [4.78, 5) is 2.39. The van der Waals surface area contributed by atoms with Crippen molar-refractivity contribution < 1.29 is 0 Å². The van der Waals surface area contributed by atoms with E-state index in [-0.39, 0.29) is 0 Å². The maximum absolute atomic E-state index is 6.22. The summed E-state index contributed by atoms with van der Waals surface area (Å²) < 4.78 is 0. The van der Waals surface area contributed by atoms with E-state index in [0.29, 0.717) is 12.1 Å². The van der Waals surface area contributed by atoms with Crippen LogP contribution in [0.15, 0.2) is 12.1 Å². The van der Waals surface area contributed by atoms with Crippen molar-refractivity contribution in [3.8, 4) is 0 Å². The van der Waals surface area contributed by atoms with E-state index in [4.69, 9.17) is 23.2 Å². The molecule has 2 bridgehead atoms. The smallest absolute Gasteiger partial charge is 0.0458 e. The monoisotopic (exact) mass is 227 g/mol. The van der Waals surface area contributed by atoms with Crippen molar-refractivity contribution >= 4 is 23.2 Å². The highest BCUT2D eigenvalue weighted by molar-refractivity contribution is 6.34. The minimum Gasteiger partial charge on any atom is -0.292 e. The van der Waals surface area contributed by atoms with Crippen molar-refractivity contribution in [2.24, 2.45) is 0 Å². The Morgan fingerprint density at radius 1 is 1.07 bits per heavy atom. The van der Waals surface area contributed by atoms with E-state index in [1.54, 1.807) is 0 Å². The van der Waals surface area contributed by atoms with Gasteiger partial charge in [0.2, 0.25) is 0 Å². The zero-order chi connectivity index (χ0) is 9.87. The van der Waals surface area contributed by atoms with E-state index in [9.17, 15) is 0 Å². The number of hydrogen-bond donors (Lipinski definition) is 0. The molecule has 1 nitrogen and oxygen atoms in total. The Hall–Kier alpha value is -0.240. The van der Waals surface area contributed by atoms with Gasteiger partial charge in [0.1, 0.15) is 0 Å². The lowest BCUT2D eigenvalue weighted by Gasteiger charge is -2.15. The molecular weight excluding hydrogens is 217 g/mol. The summed E-state index contributed by atoms with van der Waals surface area (Å²) in [5.74, 6) is 0. The molecule has 0 saturated carbocycles. The highest BCUT2D eigenvalue weighted by Gasteiger charge is 2.43. The fourth-order valence-electron chi connectivity index (χ4n) is 2.90. The van der Waals surface area contributed by atoms with Crippen LogP contribution in [0.25, 0.3) is 0 Å². The van der Waals surface area contributed by atoms with Crippen LogP contribution >= 0.6 is 23.2 Å². The summed E-state index contributed by atoms with van der Waals surface area (Å²) in [5, 5.41) is 1.76. The molecule has 14 heavy (non-hydrogen) atoms. The first-order valence-electron chi connectivity index (χ1n) is 4.90. The molecule has 0 aromatic heterocycles. The second-order valence-corrected chi connectivity index (χ2v) is 4.95. The largest absolute Gasteiger partial charge is 0.292 e. The predicted octanol–water partition coefficient (Wildman–Crippen LogP) is 3.81. The van der Waals surface area contributed by atoms with Crippen LogP contribution < -0.4 is 0 Å². The van der Waals surface area contributed by atoms with Gasteiger partial charge in [-0.2, -0.15) is 0 Å². The van der Waals surface area contributed by atoms with Gasteiger partial charge < -0.3 is 0 Å². The van der Waals surface area contributed by atoms with E-state index in [1.165, 1.54) is 24.0 Å². The van der Waals surface area contributed by atoms with Gasteiger partial charge in [0.05, 0.1) is 0 Å². The summed E-state index contributed by atoms with van der Waals surface area (Å²) in [6.45, 7) is 0. The maximum Gasteiger partial charge on any atom is 0.0458 e. The normalized spacial score (nSPS) is 29.6. The van der Waals surface area contributed by atoms with Crippen LogP contribution in [0.5, 0.6) is 0 Å². The first-order valence-corrected chi connectivity index (χ1v) is 5.65. The molecule has 2 heterocycles. The summed E-state index contributed by atoms with van der Waals surface area (Å²) in [5.41, 5.74) is 2.55. The first kappa shape index (κ1) is 9.02. The average molecular weight is 228 g/mol. The molecule has 2 unspecified atom stereocenters. The van der Waals surface area contributed by atoms with Crippen molar-refractivity contribution in [2.45, 2.75) is 24.9 Å². The Bertz CT molecular complexity index is 366. The van der Waals surface area contributed by atoms with Crippen LogP contribution in [0, 0.1) is 0 Å². The quantitative estimate of drug-likeness (QED) is 0.652. The van der Waals surface area contributed by atoms with Gasteiger partial charge in [-0.1, -0.05) is 23.2 Å². The SMILES string of the molecule is CN1C2CCC1c1c(Cl)ccc(Cl)c12. The number of rotatable bonds is 0. The lowest BCUT2D eigenvalue weighted by molar-refractivity contribution is 0.280. The molecule has 1 saturated heterocycles. The molecule has 0 aliphatic carbocycles. The Labute approximate surface area is 93.6 Å². The average Bonchev–Trinajstić information content (AvgIpc) is 2.67. The molecule has 2 aliphatic rings. The Balaban J connectivity index is 2.28. The third kappa shape index (κ3) is 0.955. The third-order valence-electron chi connectivity index (χ3n) is 3.54. The second kappa shape index (κ2) is 2.88. The zero-order valence-corrected chi connectivity index (χ0v) is 9.44. The van der Waals surface area contributed by atoms with Gasteiger partial charge in [-0.3, -0.25) is 4.90 Å². The lowest BCUT2D eigenvalue weighted by Crippen LogP contribution is -2.12. The van der Waals surface area contributed by atoms with Gasteiger partial charge in [0.25, 0.3) is 0 Å². The third-order valence-corrected chi connectivity index (χ3v) is 4.20. The van der Waals surface area contributed by atoms with E-state index >= 15 is 0 Å². The van der Waals surface area contributed by atoms with Gasteiger partial charge in [0, 0.05) is 22.1 Å². The zero-order valence-electron chi connectivity index (χ0n) is 7.93. The van der Waals surface area contributed by atoms with Gasteiger partial charge in [-0.25, -0.2) is 0 Å². The van der Waals surface area contributed by atoms with E-state index in [2.05, 4.69) is 11.9 Å². The molecule has 3 rings (SSSR count). The minimum absolute atomic E-state index is 0.501. The molecule has 3 heteroatoms. The van der Waals surface area contributed by atoms with Crippen LogP contribution in [-0.2, 0) is 0 Å². The van der Waals surface area contributed by atoms with Crippen LogP contribution in [0.3, 0.4) is 0 Å². The van der Waals surface area contributed by atoms with Crippen LogP contribution in [0.4, 0.5) is 0 Å². The Morgan fingerprint density at radius 2 is 1.50 bits per heavy atom. The Morgan fingerprint density at radius 3 is 1.93 bits per heavy atom. The summed E-state index contributed by atoms with van der Waals surface area (Å²) in [6, 6.07) is 4.83. The van der Waals surface area contributed by atoms with E-state index in [1.807, 2.05) is 12.1 Å². The topological polar surface area (TPSA) is 3.24 Å². The van der Waals surface area contributed by atoms with Gasteiger partial charge in [0.15, 0.2) is 0 Å². The van der Waals surface area contributed by atoms with Gasteiger partial charge >= 0.3 is 0 Å². The Kier molecular flexibility index (Phi) is 1.85. The van der Waals surface area contributed by atoms with Crippen molar-refractivity contribution in [3.05, 3.63) is 33.3 Å². The van der Waals surface area contributed by atoms with Crippen molar-refractivity contribution in [2.75, 3.05) is 7.05 Å². The van der Waals surface area contributed by atoms with Crippen molar-refractivity contribution in [1.82, 2.24) is 4.90 Å². The number of benzene rings is 1. The molecule has 74 valence electrons. The molecule has 0 radical (unpaired) electrons. The second-order valence-electron chi connectivity index (χ2n) is 4.13. The molecule has 0 spiro atoms. The van der Waals surface area contributed by atoms with Gasteiger partial charge in [-0.05, 0) is 43.1 Å². The highest BCUT2D eigenvalue weighted by Crippen LogP contribution is 2.55. The molecule has 0 amide bonds. The van der Waals surface area contributed by atoms with Crippen LogP contribution in [0.2, 0.25) is 10.0 Å². The standard InChI is InChI=1S/C11H11Cl2N/c1-14-8-4-5-9(14)11-7(13)3-2-6(12)10(8)11/h2-3,8-9H,4-5H2,1H3. The number of hydrogen-bond acceptors (Lipinski definition) is 1. The fraction of sp³-hybridized carbons (Fsp3) is 0.455. The lowest BCUT2D eigenvalue weighted by atomic mass is 9.92. The van der Waals surface area contributed by atoms with Crippen LogP contribution in [-0.4, -0.2) is 11.9 Å². The molecule has 2 atom stereocenters. The molecule has 0 N–H and O–H groups in total. The minimum atomic E-state index is 0.501. The number of halogens is 2. The predicted molar refractivity (Wildman–Crippen MR) is 58.9 cm³/mol. The summed E-state index contributed by atoms with van der Waals surface area (Å²) in [6.07, 6.45) is 2.43. The summed E-state index contributed by atoms with van der Waals surface area (Å²) >= 11 is 12.4. The van der Waals surface area contributed by atoms with Crippen molar-refractivity contribution in [1.29, 1.82) is 0 Å². The first-order chi connectivity index (χ1) is 6.70. The molecule has 1 aromatic rings. The molecule has 2 aliphatic heterocycles. The van der Waals surface area contributed by atoms with Crippen LogP contribution in [0.1, 0.15) is 36.1 Å². The van der Waals surface area contributed by atoms with E-state index in [0.717, 1.165) is 10.0 Å². The maximum atomic E-state index is 6.22. The fourth-order valence-corrected chi connectivity index (χ4v) is 3.48. The van der Waals surface area contributed by atoms with E-state index < -0.39 is 0 Å². The molecular formula is C11H11Cl2N.